The Morgan fingerprint density at radius 3 is 2.38 bits per heavy atom. The molecule has 3 N–H and O–H groups in total. The summed E-state index contributed by atoms with van der Waals surface area (Å²) >= 11 is 0. The summed E-state index contributed by atoms with van der Waals surface area (Å²) in [7, 11) is 1.98. The maximum absolute atomic E-state index is 11.8. The van der Waals surface area contributed by atoms with Crippen LogP contribution in [0.25, 0.3) is 0 Å². The number of likely N-dealkylation sites (tertiary alicyclic amines) is 1. The molecule has 2 aliphatic rings. The molecule has 0 bridgehead atoms. The van der Waals surface area contributed by atoms with Crippen LogP contribution in [0.1, 0.15) is 32.1 Å². The van der Waals surface area contributed by atoms with Crippen LogP contribution < -0.4 is 16.0 Å². The first-order valence-corrected chi connectivity index (χ1v) is 7.64. The molecule has 122 valence electrons. The van der Waals surface area contributed by atoms with Gasteiger partial charge in [-0.1, -0.05) is 0 Å². The van der Waals surface area contributed by atoms with Crippen molar-refractivity contribution in [3.05, 3.63) is 0 Å². The fourth-order valence-corrected chi connectivity index (χ4v) is 2.60. The van der Waals surface area contributed by atoms with E-state index in [4.69, 9.17) is 0 Å². The van der Waals surface area contributed by atoms with E-state index in [9.17, 15) is 9.59 Å². The van der Waals surface area contributed by atoms with Crippen molar-refractivity contribution in [3.63, 3.8) is 0 Å². The van der Waals surface area contributed by atoms with Crippen molar-refractivity contribution >= 4 is 24.3 Å². The van der Waals surface area contributed by atoms with Crippen molar-refractivity contribution in [3.8, 4) is 0 Å². The molecule has 1 heterocycles. The molecule has 3 amide bonds. The summed E-state index contributed by atoms with van der Waals surface area (Å²) in [6.45, 7) is 3.29. The number of imide groups is 1. The van der Waals surface area contributed by atoms with Crippen LogP contribution in [-0.4, -0.2) is 56.1 Å². The smallest absolute Gasteiger partial charge is 0.321 e. The van der Waals surface area contributed by atoms with Gasteiger partial charge in [0.1, 0.15) is 0 Å². The predicted octanol–water partition coefficient (Wildman–Crippen LogP) is 0.718. The van der Waals surface area contributed by atoms with Gasteiger partial charge in [0.25, 0.3) is 0 Å². The van der Waals surface area contributed by atoms with Gasteiger partial charge >= 0.3 is 6.03 Å². The van der Waals surface area contributed by atoms with Gasteiger partial charge in [-0.15, -0.1) is 12.4 Å². The van der Waals surface area contributed by atoms with E-state index in [1.54, 1.807) is 0 Å². The maximum atomic E-state index is 11.8. The number of urea groups is 1. The van der Waals surface area contributed by atoms with E-state index >= 15 is 0 Å². The van der Waals surface area contributed by atoms with Crippen molar-refractivity contribution < 1.29 is 9.59 Å². The monoisotopic (exact) mass is 318 g/mol. The second kappa shape index (κ2) is 9.23. The van der Waals surface area contributed by atoms with Crippen LogP contribution in [0.5, 0.6) is 0 Å². The Bertz CT molecular complexity index is 342. The van der Waals surface area contributed by atoms with E-state index < -0.39 is 0 Å². The fourth-order valence-electron chi connectivity index (χ4n) is 2.60. The van der Waals surface area contributed by atoms with Crippen molar-refractivity contribution in [1.29, 1.82) is 0 Å². The number of hydrogen-bond donors (Lipinski definition) is 3. The topological polar surface area (TPSA) is 73.5 Å². The number of nitrogens with zero attached hydrogens (tertiary/aromatic N) is 1. The third-order valence-corrected chi connectivity index (χ3v) is 4.04. The molecule has 2 rings (SSSR count). The van der Waals surface area contributed by atoms with Crippen LogP contribution >= 0.6 is 12.4 Å². The molecule has 6 nitrogen and oxygen atoms in total. The maximum Gasteiger partial charge on any atom is 0.321 e. The summed E-state index contributed by atoms with van der Waals surface area (Å²) in [6, 6.07) is -0.0628. The Kier molecular flexibility index (Phi) is 8.00. The Balaban J connectivity index is 0.00000220. The number of nitrogens with one attached hydrogen (secondary N) is 3. The first kappa shape index (κ1) is 18.2. The Hall–Kier alpha value is -0.850. The van der Waals surface area contributed by atoms with Crippen LogP contribution in [-0.2, 0) is 4.79 Å². The summed E-state index contributed by atoms with van der Waals surface area (Å²) in [5, 5.41) is 8.34. The van der Waals surface area contributed by atoms with Gasteiger partial charge in [-0.3, -0.25) is 15.0 Å². The molecule has 0 aromatic rings. The van der Waals surface area contributed by atoms with Gasteiger partial charge in [0.2, 0.25) is 5.91 Å². The molecule has 1 aliphatic carbocycles. The lowest BCUT2D eigenvalue weighted by Gasteiger charge is -2.31. The Labute approximate surface area is 132 Å². The molecule has 0 radical (unpaired) electrons. The zero-order valence-corrected chi connectivity index (χ0v) is 13.5. The molecule has 1 aliphatic heterocycles. The SMILES string of the molecule is CNCCC1CCN(CC(=O)NC(=O)NC2CC2)CC1.Cl. The zero-order chi connectivity index (χ0) is 14.4. The molecule has 0 atom stereocenters. The second-order valence-corrected chi connectivity index (χ2v) is 5.91. The van der Waals surface area contributed by atoms with Gasteiger partial charge in [-0.25, -0.2) is 4.79 Å². The lowest BCUT2D eigenvalue weighted by atomic mass is 9.93. The minimum atomic E-state index is -0.346. The van der Waals surface area contributed by atoms with Crippen molar-refractivity contribution in [2.45, 2.75) is 38.1 Å². The summed E-state index contributed by atoms with van der Waals surface area (Å²) in [5.74, 6) is 0.566. The summed E-state index contributed by atoms with van der Waals surface area (Å²) < 4.78 is 0. The minimum Gasteiger partial charge on any atom is -0.335 e. The molecule has 2 fully saturated rings. The molecule has 21 heavy (non-hydrogen) atoms. The van der Waals surface area contributed by atoms with Gasteiger partial charge in [-0.2, -0.15) is 0 Å². The number of hydrogen-bond acceptors (Lipinski definition) is 4. The van der Waals surface area contributed by atoms with Gasteiger partial charge in [0.05, 0.1) is 6.54 Å². The molecule has 1 saturated heterocycles. The average molecular weight is 319 g/mol. The largest absolute Gasteiger partial charge is 0.335 e. The van der Waals surface area contributed by atoms with Gasteiger partial charge in [0, 0.05) is 6.04 Å². The quantitative estimate of drug-likeness (QED) is 0.674. The average Bonchev–Trinajstić information content (AvgIpc) is 3.21. The van der Waals surface area contributed by atoms with E-state index in [1.807, 2.05) is 7.05 Å². The number of carbonyl (C=O) groups is 2. The van der Waals surface area contributed by atoms with Crippen LogP contribution in [0.4, 0.5) is 4.79 Å². The molecule has 0 unspecified atom stereocenters. The summed E-state index contributed by atoms with van der Waals surface area (Å²) in [6.07, 6.45) is 5.55. The highest BCUT2D eigenvalue weighted by Crippen LogP contribution is 2.20. The highest BCUT2D eigenvalue weighted by molar-refractivity contribution is 5.95. The molecular formula is C14H27ClN4O2. The second-order valence-electron chi connectivity index (χ2n) is 5.91. The lowest BCUT2D eigenvalue weighted by molar-refractivity contribution is -0.121. The van der Waals surface area contributed by atoms with Gasteiger partial charge in [-0.05, 0) is 64.7 Å². The highest BCUT2D eigenvalue weighted by atomic mass is 35.5. The van der Waals surface area contributed by atoms with Gasteiger partial charge < -0.3 is 10.6 Å². The Morgan fingerprint density at radius 1 is 1.14 bits per heavy atom. The first-order chi connectivity index (χ1) is 9.67. The number of carbonyl (C=O) groups excluding carboxylic acids is 2. The van der Waals surface area contributed by atoms with E-state index in [-0.39, 0.29) is 30.4 Å². The van der Waals surface area contributed by atoms with Crippen molar-refractivity contribution in [2.75, 3.05) is 33.2 Å². The first-order valence-electron chi connectivity index (χ1n) is 7.64. The standard InChI is InChI=1S/C14H26N4O2.ClH/c1-15-7-4-11-5-8-18(9-6-11)10-13(19)17-14(20)16-12-2-3-12;/h11-12,15H,2-10H2,1H3,(H2,16,17,19,20);1H. The minimum absolute atomic E-state index is 0. The van der Waals surface area contributed by atoms with E-state index in [1.165, 1.54) is 6.42 Å². The predicted molar refractivity (Wildman–Crippen MR) is 84.7 cm³/mol. The zero-order valence-electron chi connectivity index (χ0n) is 12.7. The van der Waals surface area contributed by atoms with Crippen LogP contribution in [0.3, 0.4) is 0 Å². The fraction of sp³-hybridized carbons (Fsp3) is 0.857. The normalized spacial score (nSPS) is 19.7. The van der Waals surface area contributed by atoms with Crippen LogP contribution in [0, 0.1) is 5.92 Å². The highest BCUT2D eigenvalue weighted by Gasteiger charge is 2.25. The summed E-state index contributed by atoms with van der Waals surface area (Å²) in [4.78, 5) is 25.3. The van der Waals surface area contributed by atoms with Gasteiger partial charge in [0.15, 0.2) is 0 Å². The van der Waals surface area contributed by atoms with Crippen LogP contribution in [0.15, 0.2) is 0 Å². The van der Waals surface area contributed by atoms with Crippen molar-refractivity contribution in [2.24, 2.45) is 5.92 Å². The number of halogens is 1. The Morgan fingerprint density at radius 2 is 1.81 bits per heavy atom. The molecule has 1 saturated carbocycles. The van der Waals surface area contributed by atoms with E-state index in [2.05, 4.69) is 20.9 Å². The van der Waals surface area contributed by atoms with Crippen LogP contribution in [0.2, 0.25) is 0 Å². The third kappa shape index (κ3) is 7.11. The molecule has 0 spiro atoms. The molecular weight excluding hydrogens is 292 g/mol. The number of rotatable bonds is 6. The lowest BCUT2D eigenvalue weighted by Crippen LogP contribution is -2.46. The summed E-state index contributed by atoms with van der Waals surface area (Å²) in [5.41, 5.74) is 0. The van der Waals surface area contributed by atoms with Crippen molar-refractivity contribution in [1.82, 2.24) is 20.9 Å². The molecule has 0 aromatic carbocycles. The van der Waals surface area contributed by atoms with E-state index in [0.29, 0.717) is 6.54 Å². The third-order valence-electron chi connectivity index (χ3n) is 4.04. The number of piperidine rings is 1. The molecule has 0 aromatic heterocycles. The molecule has 7 heteroatoms. The van der Waals surface area contributed by atoms with E-state index in [0.717, 1.165) is 51.2 Å². The number of amides is 3.